The zero-order valence-corrected chi connectivity index (χ0v) is 13.9. The summed E-state index contributed by atoms with van der Waals surface area (Å²) in [6.45, 7) is 3.17. The van der Waals surface area contributed by atoms with Crippen LogP contribution in [-0.2, 0) is 16.1 Å². The van der Waals surface area contributed by atoms with E-state index in [0.717, 1.165) is 13.0 Å². The predicted molar refractivity (Wildman–Crippen MR) is 91.2 cm³/mol. The van der Waals surface area contributed by atoms with Gasteiger partial charge in [-0.1, -0.05) is 13.0 Å². The van der Waals surface area contributed by atoms with Gasteiger partial charge < -0.3 is 16.4 Å². The molecule has 0 fully saturated rings. The number of fused-ring (bicyclic) bond motifs is 1. The average Bonchev–Trinajstić information content (AvgIpc) is 2.88. The van der Waals surface area contributed by atoms with E-state index < -0.39 is 11.9 Å². The Balaban J connectivity index is 0.000000469. The number of carboxylic acids is 2. The minimum Gasteiger partial charge on any atom is -0.478 e. The van der Waals surface area contributed by atoms with Crippen molar-refractivity contribution in [3.63, 3.8) is 0 Å². The summed E-state index contributed by atoms with van der Waals surface area (Å²) in [7, 11) is 0. The van der Waals surface area contributed by atoms with Crippen molar-refractivity contribution in [2.24, 2.45) is 0 Å². The molecule has 0 bridgehead atoms. The van der Waals surface area contributed by atoms with Crippen molar-refractivity contribution in [3.05, 3.63) is 36.5 Å². The standard InChI is InChI=1S/C11H14N2S.C4H4O4.H3N/c1-3-6-13-11-7-10(14-2)5-4-9(11)8-12-13;5-3(6)1-2-4(7)8;/h4-5,7-8H,3,6H2,1-2H3;1-2H,(H,5,6)(H,7,8);1H3. The van der Waals surface area contributed by atoms with E-state index >= 15 is 0 Å². The van der Waals surface area contributed by atoms with Crippen LogP contribution in [0.15, 0.2) is 41.4 Å². The van der Waals surface area contributed by atoms with Gasteiger partial charge in [-0.2, -0.15) is 5.10 Å². The molecule has 2 rings (SSSR count). The number of carboxylic acid groups (broad SMARTS) is 2. The largest absolute Gasteiger partial charge is 0.478 e. The first kappa shape index (κ1) is 20.7. The van der Waals surface area contributed by atoms with Gasteiger partial charge >= 0.3 is 11.9 Å². The number of aliphatic carboxylic acids is 2. The second-order valence-corrected chi connectivity index (χ2v) is 5.18. The third-order valence-electron chi connectivity index (χ3n) is 2.66. The molecule has 0 unspecified atom stereocenters. The van der Waals surface area contributed by atoms with E-state index in [1.54, 1.807) is 11.8 Å². The van der Waals surface area contributed by atoms with Gasteiger partial charge in [0.25, 0.3) is 0 Å². The molecule has 0 saturated heterocycles. The molecule has 126 valence electrons. The molecule has 0 aliphatic heterocycles. The lowest BCUT2D eigenvalue weighted by Crippen LogP contribution is -1.97. The minimum atomic E-state index is -1.26. The maximum absolute atomic E-state index is 9.55. The molecule has 1 aromatic heterocycles. The van der Waals surface area contributed by atoms with Gasteiger partial charge in [-0.05, 0) is 24.8 Å². The van der Waals surface area contributed by atoms with E-state index in [1.807, 2.05) is 6.20 Å². The van der Waals surface area contributed by atoms with Gasteiger partial charge in [-0.25, -0.2) is 9.59 Å². The van der Waals surface area contributed by atoms with Crippen molar-refractivity contribution < 1.29 is 19.8 Å². The van der Waals surface area contributed by atoms with Crippen LogP contribution in [0.2, 0.25) is 0 Å². The Morgan fingerprint density at radius 1 is 1.26 bits per heavy atom. The molecule has 7 nitrogen and oxygen atoms in total. The highest BCUT2D eigenvalue weighted by atomic mass is 32.2. The molecule has 0 aliphatic rings. The van der Waals surface area contributed by atoms with Crippen LogP contribution in [0.5, 0.6) is 0 Å². The Hall–Kier alpha value is -2.32. The lowest BCUT2D eigenvalue weighted by atomic mass is 10.2. The number of nitrogens with zero attached hydrogens (tertiary/aromatic N) is 2. The summed E-state index contributed by atoms with van der Waals surface area (Å²) >= 11 is 1.77. The summed E-state index contributed by atoms with van der Waals surface area (Å²) in [5.41, 5.74) is 1.25. The van der Waals surface area contributed by atoms with Crippen LogP contribution in [0, 0.1) is 0 Å². The fourth-order valence-corrected chi connectivity index (χ4v) is 2.14. The van der Waals surface area contributed by atoms with Gasteiger partial charge in [0.1, 0.15) is 0 Å². The fraction of sp³-hybridized carbons (Fsp3) is 0.267. The van der Waals surface area contributed by atoms with Crippen molar-refractivity contribution in [2.45, 2.75) is 24.8 Å². The van der Waals surface area contributed by atoms with E-state index in [1.165, 1.54) is 15.8 Å². The van der Waals surface area contributed by atoms with Crippen molar-refractivity contribution in [3.8, 4) is 0 Å². The summed E-state index contributed by atoms with van der Waals surface area (Å²) in [6, 6.07) is 6.49. The predicted octanol–water partition coefficient (Wildman–Crippen LogP) is 3.04. The highest BCUT2D eigenvalue weighted by molar-refractivity contribution is 7.98. The molecule has 0 atom stereocenters. The van der Waals surface area contributed by atoms with Crippen LogP contribution in [0.4, 0.5) is 0 Å². The second kappa shape index (κ2) is 10.4. The van der Waals surface area contributed by atoms with Crippen molar-refractivity contribution in [1.82, 2.24) is 15.9 Å². The van der Waals surface area contributed by atoms with Crippen molar-refractivity contribution >= 4 is 34.6 Å². The molecule has 5 N–H and O–H groups in total. The van der Waals surface area contributed by atoms with Gasteiger partial charge in [-0.3, -0.25) is 4.68 Å². The van der Waals surface area contributed by atoms with Crippen LogP contribution in [0.25, 0.3) is 10.9 Å². The quantitative estimate of drug-likeness (QED) is 0.564. The number of carbonyl (C=O) groups is 2. The molecule has 0 amide bonds. The third-order valence-corrected chi connectivity index (χ3v) is 3.38. The van der Waals surface area contributed by atoms with E-state index in [0.29, 0.717) is 12.2 Å². The molecular formula is C15H21N3O4S. The highest BCUT2D eigenvalue weighted by Crippen LogP contribution is 2.21. The summed E-state index contributed by atoms with van der Waals surface area (Å²) in [5, 5.41) is 21.2. The Kier molecular flexibility index (Phi) is 9.36. The SMILES string of the molecule is CCCn1ncc2ccc(SC)cc21.N.O=C(O)C=CC(=O)O. The normalized spacial score (nSPS) is 10.0. The molecule has 2 aromatic rings. The van der Waals surface area contributed by atoms with E-state index in [4.69, 9.17) is 10.2 Å². The maximum atomic E-state index is 9.55. The van der Waals surface area contributed by atoms with Crippen molar-refractivity contribution in [1.29, 1.82) is 0 Å². The first-order chi connectivity index (χ1) is 10.5. The van der Waals surface area contributed by atoms with Crippen LogP contribution in [0.3, 0.4) is 0 Å². The lowest BCUT2D eigenvalue weighted by Gasteiger charge is -2.01. The number of benzene rings is 1. The van der Waals surface area contributed by atoms with Gasteiger partial charge in [0.05, 0.1) is 11.7 Å². The van der Waals surface area contributed by atoms with E-state index in [9.17, 15) is 9.59 Å². The number of hydrogen-bond donors (Lipinski definition) is 3. The lowest BCUT2D eigenvalue weighted by molar-refractivity contribution is -0.134. The molecule has 23 heavy (non-hydrogen) atoms. The molecule has 1 heterocycles. The molecule has 0 aliphatic carbocycles. The first-order valence-corrected chi connectivity index (χ1v) is 7.84. The monoisotopic (exact) mass is 339 g/mol. The van der Waals surface area contributed by atoms with E-state index in [2.05, 4.69) is 41.2 Å². The average molecular weight is 339 g/mol. The fourth-order valence-electron chi connectivity index (χ4n) is 1.71. The second-order valence-electron chi connectivity index (χ2n) is 4.30. The van der Waals surface area contributed by atoms with Gasteiger partial charge in [0.15, 0.2) is 0 Å². The summed E-state index contributed by atoms with van der Waals surface area (Å²) in [5.74, 6) is -2.51. The minimum absolute atomic E-state index is 0. The van der Waals surface area contributed by atoms with Crippen LogP contribution in [-0.4, -0.2) is 38.2 Å². The van der Waals surface area contributed by atoms with E-state index in [-0.39, 0.29) is 6.15 Å². The van der Waals surface area contributed by atoms with Crippen LogP contribution < -0.4 is 6.15 Å². The highest BCUT2D eigenvalue weighted by Gasteiger charge is 2.02. The zero-order valence-electron chi connectivity index (χ0n) is 13.1. The smallest absolute Gasteiger partial charge is 0.328 e. The van der Waals surface area contributed by atoms with Gasteiger partial charge in [0.2, 0.25) is 0 Å². The number of hydrogen-bond acceptors (Lipinski definition) is 5. The Bertz CT molecular complexity index is 666. The molecule has 0 radical (unpaired) electrons. The Morgan fingerprint density at radius 2 is 1.87 bits per heavy atom. The topological polar surface area (TPSA) is 127 Å². The summed E-state index contributed by atoms with van der Waals surface area (Å²) in [4.78, 5) is 20.4. The molecule has 0 saturated carbocycles. The summed E-state index contributed by atoms with van der Waals surface area (Å²) < 4.78 is 2.08. The molecular weight excluding hydrogens is 318 g/mol. The van der Waals surface area contributed by atoms with Gasteiger partial charge in [0, 0.05) is 29.0 Å². The Morgan fingerprint density at radius 3 is 2.35 bits per heavy atom. The maximum Gasteiger partial charge on any atom is 0.328 e. The first-order valence-electron chi connectivity index (χ1n) is 6.61. The van der Waals surface area contributed by atoms with Crippen molar-refractivity contribution in [2.75, 3.05) is 6.26 Å². The van der Waals surface area contributed by atoms with Crippen LogP contribution >= 0.6 is 11.8 Å². The third kappa shape index (κ3) is 6.98. The number of aromatic nitrogens is 2. The molecule has 0 spiro atoms. The number of rotatable bonds is 5. The Labute approximate surface area is 138 Å². The zero-order chi connectivity index (χ0) is 16.5. The number of aryl methyl sites for hydroxylation is 1. The van der Waals surface area contributed by atoms with Crippen LogP contribution in [0.1, 0.15) is 13.3 Å². The molecule has 8 heteroatoms. The van der Waals surface area contributed by atoms with Gasteiger partial charge in [-0.15, -0.1) is 11.8 Å². The number of thioether (sulfide) groups is 1. The molecule has 1 aromatic carbocycles. The summed E-state index contributed by atoms with van der Waals surface area (Å²) in [6.07, 6.45) is 6.28.